The van der Waals surface area contributed by atoms with Crippen molar-refractivity contribution in [3.05, 3.63) is 41.6 Å². The summed E-state index contributed by atoms with van der Waals surface area (Å²) >= 11 is 0. The molecular formula is C16H18N2O6. The summed E-state index contributed by atoms with van der Waals surface area (Å²) in [5.74, 6) is -3.83. The number of carboxylic acids is 2. The van der Waals surface area contributed by atoms with E-state index in [1.807, 2.05) is 0 Å². The Bertz CT molecular complexity index is 654. The lowest BCUT2D eigenvalue weighted by Gasteiger charge is -2.15. The van der Waals surface area contributed by atoms with Gasteiger partial charge in [0.1, 0.15) is 11.7 Å². The Morgan fingerprint density at radius 3 is 2.25 bits per heavy atom. The minimum atomic E-state index is -1.37. The normalized spacial score (nSPS) is 12.1. The number of hydrogen-bond donors (Lipinski definition) is 4. The van der Waals surface area contributed by atoms with Crippen LogP contribution in [0.15, 0.2) is 36.0 Å². The van der Waals surface area contributed by atoms with Crippen LogP contribution < -0.4 is 10.6 Å². The fraction of sp³-hybridized carbons (Fsp3) is 0.250. The smallest absolute Gasteiger partial charge is 0.326 e. The molecule has 0 aliphatic heterocycles. The summed E-state index contributed by atoms with van der Waals surface area (Å²) in [5, 5.41) is 22.3. The SMILES string of the molecule is CC(=O)NC(=Cc1ccccc1)C(=O)NC(CCC(=O)O)C(=O)O. The highest BCUT2D eigenvalue weighted by atomic mass is 16.4. The zero-order valence-corrected chi connectivity index (χ0v) is 13.0. The minimum Gasteiger partial charge on any atom is -0.481 e. The van der Waals surface area contributed by atoms with E-state index in [0.29, 0.717) is 5.56 Å². The molecule has 0 bridgehead atoms. The van der Waals surface area contributed by atoms with Crippen molar-refractivity contribution >= 4 is 29.8 Å². The molecule has 0 spiro atoms. The minimum absolute atomic E-state index is 0.129. The van der Waals surface area contributed by atoms with Gasteiger partial charge in [-0.05, 0) is 18.1 Å². The summed E-state index contributed by atoms with van der Waals surface area (Å²) in [6, 6.07) is 7.29. The molecule has 0 aliphatic rings. The fourth-order valence-corrected chi connectivity index (χ4v) is 1.83. The summed E-state index contributed by atoms with van der Waals surface area (Å²) in [7, 11) is 0. The average Bonchev–Trinajstić information content (AvgIpc) is 2.50. The molecule has 8 heteroatoms. The summed E-state index contributed by atoms with van der Waals surface area (Å²) < 4.78 is 0. The highest BCUT2D eigenvalue weighted by Gasteiger charge is 2.23. The number of carbonyl (C=O) groups excluding carboxylic acids is 2. The molecule has 1 rings (SSSR count). The Morgan fingerprint density at radius 2 is 1.75 bits per heavy atom. The van der Waals surface area contributed by atoms with Gasteiger partial charge >= 0.3 is 11.9 Å². The molecule has 0 saturated heterocycles. The molecule has 0 aromatic heterocycles. The van der Waals surface area contributed by atoms with Crippen LogP contribution in [0.25, 0.3) is 6.08 Å². The fourth-order valence-electron chi connectivity index (χ4n) is 1.83. The Kier molecular flexibility index (Phi) is 7.15. The van der Waals surface area contributed by atoms with Gasteiger partial charge in [0.25, 0.3) is 5.91 Å². The van der Waals surface area contributed by atoms with Crippen molar-refractivity contribution in [2.45, 2.75) is 25.8 Å². The first-order chi connectivity index (χ1) is 11.3. The predicted molar refractivity (Wildman–Crippen MR) is 84.7 cm³/mol. The van der Waals surface area contributed by atoms with E-state index in [0.717, 1.165) is 0 Å². The number of rotatable bonds is 8. The molecule has 128 valence electrons. The molecule has 0 radical (unpaired) electrons. The van der Waals surface area contributed by atoms with Crippen molar-refractivity contribution in [1.82, 2.24) is 10.6 Å². The van der Waals surface area contributed by atoms with E-state index in [1.165, 1.54) is 13.0 Å². The second-order valence-corrected chi connectivity index (χ2v) is 4.95. The predicted octanol–water partition coefficient (Wildman–Crippen LogP) is 0.598. The van der Waals surface area contributed by atoms with Crippen LogP contribution in [0, 0.1) is 0 Å². The number of amides is 2. The number of hydrogen-bond acceptors (Lipinski definition) is 4. The van der Waals surface area contributed by atoms with Crippen LogP contribution in [0.2, 0.25) is 0 Å². The van der Waals surface area contributed by atoms with Crippen LogP contribution in [0.5, 0.6) is 0 Å². The van der Waals surface area contributed by atoms with Gasteiger partial charge in [-0.25, -0.2) is 4.79 Å². The average molecular weight is 334 g/mol. The molecule has 1 unspecified atom stereocenters. The molecule has 1 aromatic carbocycles. The van der Waals surface area contributed by atoms with E-state index in [2.05, 4.69) is 10.6 Å². The van der Waals surface area contributed by atoms with Gasteiger partial charge in [0.2, 0.25) is 5.91 Å². The molecule has 1 aromatic rings. The van der Waals surface area contributed by atoms with Crippen molar-refractivity contribution in [2.75, 3.05) is 0 Å². The molecule has 1 atom stereocenters. The largest absolute Gasteiger partial charge is 0.481 e. The number of carboxylic acid groups (broad SMARTS) is 2. The van der Waals surface area contributed by atoms with E-state index in [9.17, 15) is 19.2 Å². The van der Waals surface area contributed by atoms with Crippen molar-refractivity contribution in [3.63, 3.8) is 0 Å². The summed E-state index contributed by atoms with van der Waals surface area (Å²) in [6.45, 7) is 1.21. The van der Waals surface area contributed by atoms with E-state index in [4.69, 9.17) is 10.2 Å². The maximum absolute atomic E-state index is 12.2. The Balaban J connectivity index is 2.94. The van der Waals surface area contributed by atoms with Crippen LogP contribution >= 0.6 is 0 Å². The molecule has 0 fully saturated rings. The highest BCUT2D eigenvalue weighted by Crippen LogP contribution is 2.06. The van der Waals surface area contributed by atoms with E-state index < -0.39 is 36.2 Å². The standard InChI is InChI=1S/C16H18N2O6/c1-10(19)17-13(9-11-5-3-2-4-6-11)15(22)18-12(16(23)24)7-8-14(20)21/h2-6,9,12H,7-8H2,1H3,(H,17,19)(H,18,22)(H,20,21)(H,23,24). The lowest BCUT2D eigenvalue weighted by molar-refractivity contribution is -0.142. The van der Waals surface area contributed by atoms with Crippen molar-refractivity contribution in [2.24, 2.45) is 0 Å². The first-order valence-corrected chi connectivity index (χ1v) is 7.09. The van der Waals surface area contributed by atoms with Gasteiger partial charge in [-0.3, -0.25) is 14.4 Å². The van der Waals surface area contributed by atoms with E-state index in [-0.39, 0.29) is 12.1 Å². The topological polar surface area (TPSA) is 133 Å². The molecule has 0 aliphatic carbocycles. The molecule has 0 saturated carbocycles. The zero-order valence-electron chi connectivity index (χ0n) is 13.0. The maximum Gasteiger partial charge on any atom is 0.326 e. The van der Waals surface area contributed by atoms with E-state index >= 15 is 0 Å². The second kappa shape index (κ2) is 9.09. The van der Waals surface area contributed by atoms with Crippen molar-refractivity contribution in [3.8, 4) is 0 Å². The zero-order chi connectivity index (χ0) is 18.1. The molecule has 24 heavy (non-hydrogen) atoms. The van der Waals surface area contributed by atoms with E-state index in [1.54, 1.807) is 30.3 Å². The first kappa shape index (κ1) is 18.9. The number of aliphatic carboxylic acids is 2. The van der Waals surface area contributed by atoms with Crippen LogP contribution in [-0.4, -0.2) is 40.0 Å². The lowest BCUT2D eigenvalue weighted by Crippen LogP contribution is -2.44. The Hall–Kier alpha value is -3.16. The van der Waals surface area contributed by atoms with Gasteiger partial charge in [-0.1, -0.05) is 30.3 Å². The third-order valence-corrected chi connectivity index (χ3v) is 2.92. The quantitative estimate of drug-likeness (QED) is 0.515. The highest BCUT2D eigenvalue weighted by molar-refractivity contribution is 6.02. The second-order valence-electron chi connectivity index (χ2n) is 4.95. The van der Waals surface area contributed by atoms with Crippen LogP contribution in [0.1, 0.15) is 25.3 Å². The Morgan fingerprint density at radius 1 is 1.12 bits per heavy atom. The number of nitrogens with one attached hydrogen (secondary N) is 2. The number of carbonyl (C=O) groups is 4. The van der Waals surface area contributed by atoms with Crippen LogP contribution in [-0.2, 0) is 19.2 Å². The molecule has 2 amide bonds. The van der Waals surface area contributed by atoms with Gasteiger partial charge in [0.15, 0.2) is 0 Å². The molecular weight excluding hydrogens is 316 g/mol. The third kappa shape index (κ3) is 6.73. The van der Waals surface area contributed by atoms with Crippen LogP contribution in [0.3, 0.4) is 0 Å². The molecule has 4 N–H and O–H groups in total. The summed E-state index contributed by atoms with van der Waals surface area (Å²) in [4.78, 5) is 45.2. The first-order valence-electron chi connectivity index (χ1n) is 7.09. The van der Waals surface area contributed by atoms with Gasteiger partial charge < -0.3 is 20.8 Å². The lowest BCUT2D eigenvalue weighted by atomic mass is 10.1. The van der Waals surface area contributed by atoms with Crippen molar-refractivity contribution in [1.29, 1.82) is 0 Å². The van der Waals surface area contributed by atoms with Gasteiger partial charge in [-0.15, -0.1) is 0 Å². The third-order valence-electron chi connectivity index (χ3n) is 2.92. The van der Waals surface area contributed by atoms with Gasteiger partial charge in [0.05, 0.1) is 0 Å². The summed E-state index contributed by atoms with van der Waals surface area (Å²) in [6.07, 6.45) is 0.719. The van der Waals surface area contributed by atoms with Crippen molar-refractivity contribution < 1.29 is 29.4 Å². The molecule has 8 nitrogen and oxygen atoms in total. The monoisotopic (exact) mass is 334 g/mol. The van der Waals surface area contributed by atoms with Gasteiger partial charge in [-0.2, -0.15) is 0 Å². The number of benzene rings is 1. The Labute approximate surface area is 138 Å². The van der Waals surface area contributed by atoms with Crippen LogP contribution in [0.4, 0.5) is 0 Å². The molecule has 0 heterocycles. The van der Waals surface area contributed by atoms with Gasteiger partial charge in [0, 0.05) is 13.3 Å². The summed E-state index contributed by atoms with van der Waals surface area (Å²) in [5.41, 5.74) is 0.504. The maximum atomic E-state index is 12.2.